The van der Waals surface area contributed by atoms with E-state index >= 15 is 0 Å². The summed E-state index contributed by atoms with van der Waals surface area (Å²) in [6.45, 7) is 2.41. The number of rotatable bonds is 5. The predicted octanol–water partition coefficient (Wildman–Crippen LogP) is 1.69. The van der Waals surface area contributed by atoms with E-state index in [2.05, 4.69) is 0 Å². The Balaban J connectivity index is 1.92. The van der Waals surface area contributed by atoms with Gasteiger partial charge in [-0.15, -0.1) is 0 Å². The molecule has 0 spiro atoms. The number of aliphatic hydroxyl groups excluding tert-OH is 1. The average molecular weight is 188 g/mol. The second-order valence-corrected chi connectivity index (χ2v) is 3.76. The SMILES string of the molecule is CC(O)COCOC1CCCCC1. The Kier molecular flexibility index (Phi) is 5.35. The van der Waals surface area contributed by atoms with Gasteiger partial charge in [0.05, 0.1) is 18.8 Å². The van der Waals surface area contributed by atoms with Gasteiger partial charge in [0.2, 0.25) is 0 Å². The van der Waals surface area contributed by atoms with E-state index in [9.17, 15) is 0 Å². The minimum absolute atomic E-state index is 0.329. The number of hydrogen-bond donors (Lipinski definition) is 1. The Morgan fingerprint density at radius 3 is 2.62 bits per heavy atom. The maximum absolute atomic E-state index is 8.91. The molecule has 0 heterocycles. The van der Waals surface area contributed by atoms with Crippen LogP contribution < -0.4 is 0 Å². The molecule has 0 aromatic carbocycles. The molecule has 1 atom stereocenters. The fourth-order valence-electron chi connectivity index (χ4n) is 1.59. The van der Waals surface area contributed by atoms with Crippen molar-refractivity contribution in [2.24, 2.45) is 0 Å². The highest BCUT2D eigenvalue weighted by Crippen LogP contribution is 2.19. The van der Waals surface area contributed by atoms with E-state index in [4.69, 9.17) is 14.6 Å². The third-order valence-electron chi connectivity index (χ3n) is 2.30. The standard InChI is InChI=1S/C10H20O3/c1-9(11)7-12-8-13-10-5-3-2-4-6-10/h9-11H,2-8H2,1H3. The molecule has 0 radical (unpaired) electrons. The van der Waals surface area contributed by atoms with Crippen molar-refractivity contribution in [1.29, 1.82) is 0 Å². The molecule has 0 saturated heterocycles. The molecule has 1 rings (SSSR count). The summed E-state index contributed by atoms with van der Waals surface area (Å²) in [5.74, 6) is 0. The van der Waals surface area contributed by atoms with Crippen molar-refractivity contribution in [1.82, 2.24) is 0 Å². The van der Waals surface area contributed by atoms with Crippen molar-refractivity contribution in [3.63, 3.8) is 0 Å². The van der Waals surface area contributed by atoms with Crippen LogP contribution in [0.1, 0.15) is 39.0 Å². The van der Waals surface area contributed by atoms with Gasteiger partial charge in [-0.25, -0.2) is 0 Å². The zero-order chi connectivity index (χ0) is 9.52. The van der Waals surface area contributed by atoms with Gasteiger partial charge in [-0.3, -0.25) is 0 Å². The van der Waals surface area contributed by atoms with E-state index in [-0.39, 0.29) is 0 Å². The molecule has 0 aromatic heterocycles. The first-order valence-electron chi connectivity index (χ1n) is 5.16. The molecule has 0 aromatic rings. The molecule has 0 bridgehead atoms. The maximum atomic E-state index is 8.91. The average Bonchev–Trinajstić information content (AvgIpc) is 2.14. The quantitative estimate of drug-likeness (QED) is 0.527. The van der Waals surface area contributed by atoms with Crippen LogP contribution in [0.5, 0.6) is 0 Å². The van der Waals surface area contributed by atoms with E-state index in [0.717, 1.165) is 12.8 Å². The summed E-state index contributed by atoms with van der Waals surface area (Å²) >= 11 is 0. The van der Waals surface area contributed by atoms with Crippen LogP contribution in [0.3, 0.4) is 0 Å². The lowest BCUT2D eigenvalue weighted by atomic mass is 9.98. The zero-order valence-electron chi connectivity index (χ0n) is 8.37. The molecular weight excluding hydrogens is 168 g/mol. The monoisotopic (exact) mass is 188 g/mol. The molecule has 0 aliphatic heterocycles. The van der Waals surface area contributed by atoms with Crippen molar-refractivity contribution in [2.75, 3.05) is 13.4 Å². The zero-order valence-corrected chi connectivity index (χ0v) is 8.37. The van der Waals surface area contributed by atoms with E-state index in [0.29, 0.717) is 19.5 Å². The van der Waals surface area contributed by atoms with Crippen molar-refractivity contribution >= 4 is 0 Å². The molecule has 1 aliphatic carbocycles. The minimum atomic E-state index is -0.394. The van der Waals surface area contributed by atoms with Crippen LogP contribution in [0.25, 0.3) is 0 Å². The number of hydrogen-bond acceptors (Lipinski definition) is 3. The summed E-state index contributed by atoms with van der Waals surface area (Å²) in [7, 11) is 0. The molecule has 0 amide bonds. The molecular formula is C10H20O3. The Labute approximate surface area is 80.0 Å². The van der Waals surface area contributed by atoms with Gasteiger partial charge in [0.15, 0.2) is 0 Å². The second kappa shape index (κ2) is 6.35. The summed E-state index contributed by atoms with van der Waals surface area (Å²) < 4.78 is 10.6. The van der Waals surface area contributed by atoms with Crippen molar-refractivity contribution in [2.45, 2.75) is 51.2 Å². The highest BCUT2D eigenvalue weighted by Gasteiger charge is 2.13. The Morgan fingerprint density at radius 2 is 2.00 bits per heavy atom. The highest BCUT2D eigenvalue weighted by molar-refractivity contribution is 4.64. The highest BCUT2D eigenvalue weighted by atomic mass is 16.7. The van der Waals surface area contributed by atoms with Crippen molar-refractivity contribution in [3.8, 4) is 0 Å². The van der Waals surface area contributed by atoms with E-state index in [1.807, 2.05) is 0 Å². The molecule has 1 unspecified atom stereocenters. The third-order valence-corrected chi connectivity index (χ3v) is 2.30. The van der Waals surface area contributed by atoms with E-state index < -0.39 is 6.10 Å². The first-order valence-corrected chi connectivity index (χ1v) is 5.16. The van der Waals surface area contributed by atoms with Crippen molar-refractivity contribution in [3.05, 3.63) is 0 Å². The van der Waals surface area contributed by atoms with Crippen LogP contribution >= 0.6 is 0 Å². The van der Waals surface area contributed by atoms with Crippen LogP contribution in [0.2, 0.25) is 0 Å². The fraction of sp³-hybridized carbons (Fsp3) is 1.00. The topological polar surface area (TPSA) is 38.7 Å². The molecule has 1 fully saturated rings. The van der Waals surface area contributed by atoms with Crippen LogP contribution in [-0.2, 0) is 9.47 Å². The summed E-state index contributed by atoms with van der Waals surface area (Å²) in [6.07, 6.45) is 6.23. The Bertz CT molecular complexity index is 119. The van der Waals surface area contributed by atoms with Gasteiger partial charge in [-0.2, -0.15) is 0 Å². The van der Waals surface area contributed by atoms with Gasteiger partial charge in [-0.05, 0) is 19.8 Å². The smallest absolute Gasteiger partial charge is 0.147 e. The van der Waals surface area contributed by atoms with E-state index in [1.54, 1.807) is 6.92 Å². The second-order valence-electron chi connectivity index (χ2n) is 3.76. The summed E-state index contributed by atoms with van der Waals surface area (Å²) in [4.78, 5) is 0. The molecule has 1 aliphatic rings. The number of aliphatic hydroxyl groups is 1. The lowest BCUT2D eigenvalue weighted by Crippen LogP contribution is -2.20. The molecule has 1 N–H and O–H groups in total. The first-order chi connectivity index (χ1) is 6.29. The molecule has 1 saturated carbocycles. The van der Waals surface area contributed by atoms with Crippen LogP contribution in [0.15, 0.2) is 0 Å². The summed E-state index contributed by atoms with van der Waals surface area (Å²) in [5.41, 5.74) is 0. The largest absolute Gasteiger partial charge is 0.391 e. The minimum Gasteiger partial charge on any atom is -0.391 e. The lowest BCUT2D eigenvalue weighted by Gasteiger charge is -2.21. The summed E-state index contributed by atoms with van der Waals surface area (Å²) in [5, 5.41) is 8.91. The normalized spacial score (nSPS) is 21.7. The van der Waals surface area contributed by atoms with Crippen LogP contribution in [0, 0.1) is 0 Å². The Morgan fingerprint density at radius 1 is 1.31 bits per heavy atom. The Hall–Kier alpha value is -0.120. The van der Waals surface area contributed by atoms with Gasteiger partial charge < -0.3 is 14.6 Å². The van der Waals surface area contributed by atoms with Gasteiger partial charge in [0, 0.05) is 0 Å². The fourth-order valence-corrected chi connectivity index (χ4v) is 1.59. The van der Waals surface area contributed by atoms with E-state index in [1.165, 1.54) is 19.3 Å². The predicted molar refractivity (Wildman–Crippen MR) is 50.5 cm³/mol. The van der Waals surface area contributed by atoms with Crippen molar-refractivity contribution < 1.29 is 14.6 Å². The molecule has 3 nitrogen and oxygen atoms in total. The van der Waals surface area contributed by atoms with Gasteiger partial charge in [0.1, 0.15) is 6.79 Å². The third kappa shape index (κ3) is 5.24. The van der Waals surface area contributed by atoms with Gasteiger partial charge in [0.25, 0.3) is 0 Å². The first kappa shape index (κ1) is 11.0. The molecule has 78 valence electrons. The van der Waals surface area contributed by atoms with Gasteiger partial charge in [-0.1, -0.05) is 19.3 Å². The van der Waals surface area contributed by atoms with Gasteiger partial charge >= 0.3 is 0 Å². The molecule has 3 heteroatoms. The summed E-state index contributed by atoms with van der Waals surface area (Å²) in [6, 6.07) is 0. The lowest BCUT2D eigenvalue weighted by molar-refractivity contribution is -0.112. The van der Waals surface area contributed by atoms with Crippen LogP contribution in [-0.4, -0.2) is 30.7 Å². The number of ether oxygens (including phenoxy) is 2. The molecule has 13 heavy (non-hydrogen) atoms. The maximum Gasteiger partial charge on any atom is 0.147 e. The van der Waals surface area contributed by atoms with Crippen LogP contribution in [0.4, 0.5) is 0 Å².